The minimum atomic E-state index is -3.87. The number of carbonyl (C=O) groups excluding carboxylic acids is 2. The molecule has 2 rings (SSSR count). The molecule has 33 heavy (non-hydrogen) atoms. The summed E-state index contributed by atoms with van der Waals surface area (Å²) in [5.41, 5.74) is 0.908. The maximum absolute atomic E-state index is 13.4. The third kappa shape index (κ3) is 7.88. The van der Waals surface area contributed by atoms with E-state index in [-0.39, 0.29) is 23.2 Å². The van der Waals surface area contributed by atoms with Gasteiger partial charge < -0.3 is 10.2 Å². The Hall–Kier alpha value is -1.81. The Labute approximate surface area is 213 Å². The Balaban J connectivity index is 2.40. The van der Waals surface area contributed by atoms with Crippen molar-refractivity contribution in [3.8, 4) is 0 Å². The average molecular weight is 579 g/mol. The summed E-state index contributed by atoms with van der Waals surface area (Å²) in [5, 5.41) is 3.21. The fourth-order valence-corrected chi connectivity index (χ4v) is 4.96. The predicted molar refractivity (Wildman–Crippen MR) is 136 cm³/mol. The van der Waals surface area contributed by atoms with Crippen molar-refractivity contribution in [3.63, 3.8) is 0 Å². The number of sulfonamides is 1. The second-order valence-electron chi connectivity index (χ2n) is 7.48. The van der Waals surface area contributed by atoms with Crippen LogP contribution < -0.4 is 9.62 Å². The second-order valence-corrected chi connectivity index (χ2v) is 11.2. The van der Waals surface area contributed by atoms with E-state index in [0.29, 0.717) is 11.6 Å². The van der Waals surface area contributed by atoms with Crippen LogP contribution in [0.2, 0.25) is 10.0 Å². The van der Waals surface area contributed by atoms with E-state index in [2.05, 4.69) is 21.2 Å². The Morgan fingerprint density at radius 1 is 1.15 bits per heavy atom. The van der Waals surface area contributed by atoms with Gasteiger partial charge in [0.1, 0.15) is 12.6 Å². The van der Waals surface area contributed by atoms with E-state index < -0.39 is 28.5 Å². The largest absolute Gasteiger partial charge is 0.354 e. The van der Waals surface area contributed by atoms with Gasteiger partial charge in [0.05, 0.1) is 17.0 Å². The highest BCUT2D eigenvalue weighted by molar-refractivity contribution is 9.10. The summed E-state index contributed by atoms with van der Waals surface area (Å²) in [6.45, 7) is 3.60. The smallest absolute Gasteiger partial charge is 0.244 e. The minimum Gasteiger partial charge on any atom is -0.354 e. The van der Waals surface area contributed by atoms with E-state index in [1.165, 1.54) is 23.1 Å². The lowest BCUT2D eigenvalue weighted by Crippen LogP contribution is -2.51. The van der Waals surface area contributed by atoms with Gasteiger partial charge in [-0.3, -0.25) is 13.9 Å². The number of rotatable bonds is 10. The number of amides is 2. The van der Waals surface area contributed by atoms with Crippen LogP contribution in [-0.4, -0.2) is 50.5 Å². The molecule has 11 heteroatoms. The first-order chi connectivity index (χ1) is 15.4. The van der Waals surface area contributed by atoms with Gasteiger partial charge in [0.25, 0.3) is 0 Å². The van der Waals surface area contributed by atoms with Gasteiger partial charge in [0.2, 0.25) is 21.8 Å². The Morgan fingerprint density at radius 3 is 2.42 bits per heavy atom. The second kappa shape index (κ2) is 12.1. The highest BCUT2D eigenvalue weighted by atomic mass is 79.9. The van der Waals surface area contributed by atoms with Crippen LogP contribution in [0.25, 0.3) is 0 Å². The predicted octanol–water partition coefficient (Wildman–Crippen LogP) is 4.47. The summed E-state index contributed by atoms with van der Waals surface area (Å²) in [5.74, 6) is -0.874. The number of anilines is 1. The number of carbonyl (C=O) groups is 2. The molecule has 0 spiro atoms. The van der Waals surface area contributed by atoms with Crippen molar-refractivity contribution in [2.45, 2.75) is 32.9 Å². The number of benzene rings is 2. The van der Waals surface area contributed by atoms with Crippen molar-refractivity contribution >= 4 is 66.7 Å². The molecule has 0 saturated heterocycles. The number of nitrogens with one attached hydrogen (secondary N) is 1. The van der Waals surface area contributed by atoms with Crippen LogP contribution in [0.3, 0.4) is 0 Å². The number of hydrogen-bond donors (Lipinski definition) is 1. The molecule has 0 radical (unpaired) electrons. The molecule has 0 fully saturated rings. The molecule has 2 amide bonds. The van der Waals surface area contributed by atoms with Gasteiger partial charge in [-0.15, -0.1) is 0 Å². The van der Waals surface area contributed by atoms with Crippen LogP contribution in [0.1, 0.15) is 25.8 Å². The van der Waals surface area contributed by atoms with Gasteiger partial charge in [-0.25, -0.2) is 8.42 Å². The normalized spacial score (nSPS) is 12.2. The molecule has 2 aromatic carbocycles. The molecule has 180 valence electrons. The molecule has 0 unspecified atom stereocenters. The molecular weight excluding hydrogens is 553 g/mol. The van der Waals surface area contributed by atoms with E-state index >= 15 is 0 Å². The molecule has 0 aromatic heterocycles. The molecule has 0 aliphatic carbocycles. The first-order valence-corrected chi connectivity index (χ1v) is 13.6. The van der Waals surface area contributed by atoms with E-state index in [4.69, 9.17) is 23.2 Å². The standard InChI is InChI=1S/C22H26BrCl2N3O4S/c1-4-10-26-22(30)15(2)27(13-16-6-5-7-17(23)11-16)21(29)14-28(33(3,31)32)20-9-8-18(24)12-19(20)25/h5-9,11-12,15H,4,10,13-14H2,1-3H3,(H,26,30)/t15-/m1/s1. The van der Waals surface area contributed by atoms with E-state index in [9.17, 15) is 18.0 Å². The van der Waals surface area contributed by atoms with Gasteiger partial charge >= 0.3 is 0 Å². The van der Waals surface area contributed by atoms with Crippen LogP contribution in [0, 0.1) is 0 Å². The molecule has 0 saturated carbocycles. The Kier molecular flexibility index (Phi) is 10.0. The molecule has 0 aliphatic rings. The molecule has 1 atom stereocenters. The zero-order valence-corrected chi connectivity index (χ0v) is 22.4. The lowest BCUT2D eigenvalue weighted by Gasteiger charge is -2.31. The number of nitrogens with zero attached hydrogens (tertiary/aromatic N) is 2. The highest BCUT2D eigenvalue weighted by Crippen LogP contribution is 2.30. The molecule has 2 aromatic rings. The van der Waals surface area contributed by atoms with Crippen molar-refractivity contribution in [3.05, 3.63) is 62.5 Å². The quantitative estimate of drug-likeness (QED) is 0.451. The van der Waals surface area contributed by atoms with Crippen LogP contribution in [0.4, 0.5) is 5.69 Å². The number of hydrogen-bond acceptors (Lipinski definition) is 4. The van der Waals surface area contributed by atoms with Gasteiger partial charge in [-0.05, 0) is 49.2 Å². The summed E-state index contributed by atoms with van der Waals surface area (Å²) >= 11 is 15.6. The maximum atomic E-state index is 13.4. The molecule has 7 nitrogen and oxygen atoms in total. The molecule has 1 N–H and O–H groups in total. The zero-order chi connectivity index (χ0) is 24.8. The summed E-state index contributed by atoms with van der Waals surface area (Å²) in [7, 11) is -3.87. The molecule has 0 bridgehead atoms. The minimum absolute atomic E-state index is 0.0907. The lowest BCUT2D eigenvalue weighted by molar-refractivity contribution is -0.139. The summed E-state index contributed by atoms with van der Waals surface area (Å²) in [4.78, 5) is 27.4. The first kappa shape index (κ1) is 27.4. The van der Waals surface area contributed by atoms with Gasteiger partial charge in [0.15, 0.2) is 0 Å². The summed E-state index contributed by atoms with van der Waals surface area (Å²) < 4.78 is 26.8. The van der Waals surface area contributed by atoms with Crippen LogP contribution in [-0.2, 0) is 26.2 Å². The van der Waals surface area contributed by atoms with Crippen molar-refractivity contribution in [1.82, 2.24) is 10.2 Å². The topological polar surface area (TPSA) is 86.8 Å². The van der Waals surface area contributed by atoms with Gasteiger partial charge in [-0.1, -0.05) is 58.2 Å². The summed E-state index contributed by atoms with van der Waals surface area (Å²) in [6.07, 6.45) is 1.73. The van der Waals surface area contributed by atoms with Crippen molar-refractivity contribution in [1.29, 1.82) is 0 Å². The molecule has 0 heterocycles. The van der Waals surface area contributed by atoms with Crippen LogP contribution in [0.5, 0.6) is 0 Å². The van der Waals surface area contributed by atoms with Gasteiger partial charge in [-0.2, -0.15) is 0 Å². The third-order valence-electron chi connectivity index (χ3n) is 4.82. The van der Waals surface area contributed by atoms with E-state index in [1.54, 1.807) is 6.92 Å². The molecule has 0 aliphatic heterocycles. The van der Waals surface area contributed by atoms with Crippen LogP contribution >= 0.6 is 39.1 Å². The van der Waals surface area contributed by atoms with Gasteiger partial charge in [0, 0.05) is 22.6 Å². The van der Waals surface area contributed by atoms with Crippen molar-refractivity contribution in [2.75, 3.05) is 23.7 Å². The Morgan fingerprint density at radius 2 is 1.85 bits per heavy atom. The fourth-order valence-electron chi connectivity index (χ4n) is 3.09. The number of halogens is 3. The summed E-state index contributed by atoms with van der Waals surface area (Å²) in [6, 6.07) is 10.8. The fraction of sp³-hybridized carbons (Fsp3) is 0.364. The molecular formula is C22H26BrCl2N3O4S. The monoisotopic (exact) mass is 577 g/mol. The maximum Gasteiger partial charge on any atom is 0.244 e. The SMILES string of the molecule is CCCNC(=O)[C@@H](C)N(Cc1cccc(Br)c1)C(=O)CN(c1ccc(Cl)cc1Cl)S(C)(=O)=O. The van der Waals surface area contributed by atoms with Crippen molar-refractivity contribution in [2.24, 2.45) is 0 Å². The van der Waals surface area contributed by atoms with Crippen molar-refractivity contribution < 1.29 is 18.0 Å². The van der Waals surface area contributed by atoms with E-state index in [1.807, 2.05) is 31.2 Å². The first-order valence-electron chi connectivity index (χ1n) is 10.2. The Bertz CT molecular complexity index is 1110. The zero-order valence-electron chi connectivity index (χ0n) is 18.5. The third-order valence-corrected chi connectivity index (χ3v) is 6.97. The lowest BCUT2D eigenvalue weighted by atomic mass is 10.1. The average Bonchev–Trinajstić information content (AvgIpc) is 2.73. The van der Waals surface area contributed by atoms with E-state index in [0.717, 1.165) is 27.0 Å². The van der Waals surface area contributed by atoms with Crippen LogP contribution in [0.15, 0.2) is 46.9 Å². The highest BCUT2D eigenvalue weighted by Gasteiger charge is 2.30.